The zero-order valence-electron chi connectivity index (χ0n) is 19.7. The zero-order valence-corrected chi connectivity index (χ0v) is 19.7. The minimum atomic E-state index is -0.587. The molecule has 1 heterocycles. The van der Waals surface area contributed by atoms with E-state index in [-0.39, 0.29) is 17.6 Å². The van der Waals surface area contributed by atoms with Crippen LogP contribution in [0.5, 0.6) is 0 Å². The minimum Gasteiger partial charge on any atom is -0.462 e. The van der Waals surface area contributed by atoms with E-state index < -0.39 is 17.7 Å². The van der Waals surface area contributed by atoms with Crippen LogP contribution in [0.3, 0.4) is 0 Å². The topological polar surface area (TPSA) is 98.7 Å². The fourth-order valence-corrected chi connectivity index (χ4v) is 3.33. The Labute approximate surface area is 189 Å². The maximum atomic E-state index is 12.9. The predicted octanol–water partition coefficient (Wildman–Crippen LogP) is 3.25. The highest BCUT2D eigenvalue weighted by atomic mass is 16.6. The second-order valence-electron chi connectivity index (χ2n) is 8.51. The Morgan fingerprint density at radius 2 is 1.84 bits per heavy atom. The zero-order chi connectivity index (χ0) is 23.7. The minimum absolute atomic E-state index is 0.0671. The molecule has 0 aliphatic rings. The monoisotopic (exact) mass is 445 g/mol. The van der Waals surface area contributed by atoms with Crippen LogP contribution in [0.4, 0.5) is 4.79 Å². The van der Waals surface area contributed by atoms with Crippen molar-refractivity contribution in [2.24, 2.45) is 0 Å². The van der Waals surface area contributed by atoms with Crippen LogP contribution < -0.4 is 16.1 Å². The van der Waals surface area contributed by atoms with Gasteiger partial charge < -0.3 is 24.7 Å². The Bertz CT molecular complexity index is 992. The largest absolute Gasteiger partial charge is 0.462 e. The van der Waals surface area contributed by atoms with Crippen LogP contribution in [0.2, 0.25) is 0 Å². The van der Waals surface area contributed by atoms with E-state index in [1.54, 1.807) is 13.1 Å². The molecule has 0 saturated carbocycles. The van der Waals surface area contributed by atoms with E-state index >= 15 is 0 Å². The molecule has 176 valence electrons. The summed E-state index contributed by atoms with van der Waals surface area (Å²) in [5.74, 6) is -0.587. The molecule has 0 aliphatic heterocycles. The van der Waals surface area contributed by atoms with E-state index in [2.05, 4.69) is 10.6 Å². The third kappa shape index (κ3) is 7.37. The molecule has 0 radical (unpaired) electrons. The molecule has 0 bridgehead atoms. The maximum absolute atomic E-state index is 12.9. The van der Waals surface area contributed by atoms with Gasteiger partial charge >= 0.3 is 12.1 Å². The molecular formula is C24H35N3O5. The average Bonchev–Trinajstić information content (AvgIpc) is 2.72. The van der Waals surface area contributed by atoms with Gasteiger partial charge in [0.2, 0.25) is 5.43 Å². The Hall–Kier alpha value is -2.87. The highest BCUT2D eigenvalue weighted by molar-refractivity contribution is 5.93. The number of fused-ring (bicyclic) bond motifs is 1. The molecule has 0 fully saturated rings. The number of nitrogens with zero attached hydrogens (tertiary/aromatic N) is 1. The molecule has 2 aromatic rings. The van der Waals surface area contributed by atoms with Crippen molar-refractivity contribution < 1.29 is 19.1 Å². The fourth-order valence-electron chi connectivity index (χ4n) is 3.33. The Morgan fingerprint density at radius 3 is 2.50 bits per heavy atom. The van der Waals surface area contributed by atoms with E-state index in [4.69, 9.17) is 9.47 Å². The summed E-state index contributed by atoms with van der Waals surface area (Å²) in [6, 6.07) is 5.82. The van der Waals surface area contributed by atoms with Crippen LogP contribution in [-0.4, -0.2) is 48.5 Å². The first-order chi connectivity index (χ1) is 15.2. The second-order valence-corrected chi connectivity index (χ2v) is 8.51. The molecule has 1 aromatic carbocycles. The molecule has 8 nitrogen and oxygen atoms in total. The number of aromatic nitrogens is 1. The van der Waals surface area contributed by atoms with Crippen LogP contribution in [-0.2, 0) is 22.4 Å². The third-order valence-corrected chi connectivity index (χ3v) is 4.77. The molecule has 0 aliphatic carbocycles. The third-order valence-electron chi connectivity index (χ3n) is 4.77. The number of rotatable bonds is 10. The van der Waals surface area contributed by atoms with Crippen molar-refractivity contribution in [1.29, 1.82) is 0 Å². The molecule has 0 spiro atoms. The number of pyridine rings is 1. The summed E-state index contributed by atoms with van der Waals surface area (Å²) in [4.78, 5) is 36.7. The number of esters is 1. The van der Waals surface area contributed by atoms with Gasteiger partial charge in [0.25, 0.3) is 0 Å². The summed E-state index contributed by atoms with van der Waals surface area (Å²) in [5, 5.41) is 6.52. The molecular weight excluding hydrogens is 410 g/mol. The standard InChI is InChI=1S/C24H35N3O5/c1-6-27-16-19(22(29)31-7-2)21(28)18-15-17(10-11-20(18)27)9-8-12-25-13-14-26-23(30)32-24(3,4)5/h10-11,15-16,25H,6-9,12-14H2,1-5H3,(H,26,30). The van der Waals surface area contributed by atoms with Gasteiger partial charge in [0.05, 0.1) is 12.1 Å². The summed E-state index contributed by atoms with van der Waals surface area (Å²) >= 11 is 0. The van der Waals surface area contributed by atoms with E-state index in [1.165, 1.54) is 0 Å². The molecule has 0 unspecified atom stereocenters. The molecule has 8 heteroatoms. The van der Waals surface area contributed by atoms with Crippen molar-refractivity contribution >= 4 is 23.0 Å². The van der Waals surface area contributed by atoms with Gasteiger partial charge in [-0.1, -0.05) is 6.07 Å². The molecule has 2 N–H and O–H groups in total. The van der Waals surface area contributed by atoms with Crippen molar-refractivity contribution in [2.45, 2.75) is 59.6 Å². The number of carbonyl (C=O) groups excluding carboxylic acids is 2. The van der Waals surface area contributed by atoms with E-state index in [9.17, 15) is 14.4 Å². The van der Waals surface area contributed by atoms with Gasteiger partial charge in [-0.05, 0) is 71.7 Å². The van der Waals surface area contributed by atoms with E-state index in [0.29, 0.717) is 25.0 Å². The van der Waals surface area contributed by atoms with Gasteiger partial charge in [0, 0.05) is 31.2 Å². The lowest BCUT2D eigenvalue weighted by atomic mass is 10.0. The number of hydrogen-bond donors (Lipinski definition) is 2. The van der Waals surface area contributed by atoms with Gasteiger partial charge in [-0.25, -0.2) is 9.59 Å². The van der Waals surface area contributed by atoms with Crippen LogP contribution in [0.25, 0.3) is 10.9 Å². The summed E-state index contributed by atoms with van der Waals surface area (Å²) in [5.41, 5.74) is 1.11. The fraction of sp³-hybridized carbons (Fsp3) is 0.542. The molecule has 1 amide bonds. The van der Waals surface area contributed by atoms with Gasteiger partial charge in [0.1, 0.15) is 11.2 Å². The van der Waals surface area contributed by atoms with Crippen molar-refractivity contribution in [1.82, 2.24) is 15.2 Å². The Kier molecular flexibility index (Phi) is 9.26. The first-order valence-electron chi connectivity index (χ1n) is 11.2. The van der Waals surface area contributed by atoms with Crippen molar-refractivity contribution in [3.63, 3.8) is 0 Å². The molecule has 2 rings (SSSR count). The first-order valence-corrected chi connectivity index (χ1v) is 11.2. The van der Waals surface area contributed by atoms with E-state index in [0.717, 1.165) is 30.5 Å². The molecule has 1 aromatic heterocycles. The van der Waals surface area contributed by atoms with Gasteiger partial charge in [-0.3, -0.25) is 4.79 Å². The van der Waals surface area contributed by atoms with Crippen LogP contribution in [0.15, 0.2) is 29.2 Å². The number of ether oxygens (including phenoxy) is 2. The van der Waals surface area contributed by atoms with Gasteiger partial charge in [-0.2, -0.15) is 0 Å². The van der Waals surface area contributed by atoms with Crippen LogP contribution in [0.1, 0.15) is 57.0 Å². The number of aryl methyl sites for hydroxylation is 2. The number of carbonyl (C=O) groups is 2. The molecule has 0 saturated heterocycles. The second kappa shape index (κ2) is 11.7. The van der Waals surface area contributed by atoms with E-state index in [1.807, 2.05) is 50.5 Å². The summed E-state index contributed by atoms with van der Waals surface area (Å²) < 4.78 is 12.1. The number of benzene rings is 1. The lowest BCUT2D eigenvalue weighted by Crippen LogP contribution is -2.36. The normalized spacial score (nSPS) is 11.4. The smallest absolute Gasteiger partial charge is 0.407 e. The number of alkyl carbamates (subject to hydrolysis) is 1. The highest BCUT2D eigenvalue weighted by Gasteiger charge is 2.17. The van der Waals surface area contributed by atoms with Crippen molar-refractivity contribution in [3.05, 3.63) is 45.7 Å². The summed E-state index contributed by atoms with van der Waals surface area (Å²) in [6.45, 7) is 11.9. The summed E-state index contributed by atoms with van der Waals surface area (Å²) in [6.07, 6.45) is 2.82. The lowest BCUT2D eigenvalue weighted by Gasteiger charge is -2.19. The Morgan fingerprint density at radius 1 is 1.09 bits per heavy atom. The number of hydrogen-bond acceptors (Lipinski definition) is 6. The molecule has 0 atom stereocenters. The SMILES string of the molecule is CCOC(=O)c1cn(CC)c2ccc(CCCNCCNC(=O)OC(C)(C)C)cc2c1=O. The van der Waals surface area contributed by atoms with Crippen molar-refractivity contribution in [3.8, 4) is 0 Å². The highest BCUT2D eigenvalue weighted by Crippen LogP contribution is 2.16. The van der Waals surface area contributed by atoms with Gasteiger partial charge in [0.15, 0.2) is 0 Å². The summed E-state index contributed by atoms with van der Waals surface area (Å²) in [7, 11) is 0. The van der Waals surface area contributed by atoms with Crippen LogP contribution in [0, 0.1) is 0 Å². The predicted molar refractivity (Wildman–Crippen MR) is 125 cm³/mol. The quantitative estimate of drug-likeness (QED) is 0.430. The first kappa shape index (κ1) is 25.4. The van der Waals surface area contributed by atoms with Crippen LogP contribution >= 0.6 is 0 Å². The number of nitrogens with one attached hydrogen (secondary N) is 2. The lowest BCUT2D eigenvalue weighted by molar-refractivity contribution is 0.0515. The molecule has 32 heavy (non-hydrogen) atoms. The number of amides is 1. The average molecular weight is 446 g/mol. The Balaban J connectivity index is 1.92. The maximum Gasteiger partial charge on any atom is 0.407 e. The van der Waals surface area contributed by atoms with Gasteiger partial charge in [-0.15, -0.1) is 0 Å². The van der Waals surface area contributed by atoms with Crippen molar-refractivity contribution in [2.75, 3.05) is 26.2 Å².